The van der Waals surface area contributed by atoms with Crippen molar-refractivity contribution >= 4 is 0 Å². The second kappa shape index (κ2) is 8.24. The zero-order valence-electron chi connectivity index (χ0n) is 9.55. The third kappa shape index (κ3) is 5.23. The van der Waals surface area contributed by atoms with Crippen molar-refractivity contribution < 1.29 is 0 Å². The predicted molar refractivity (Wildman–Crippen MR) is 65.8 cm³/mol. The Bertz CT molecular complexity index is 242. The van der Waals surface area contributed by atoms with Gasteiger partial charge in [-0.15, -0.1) is 0 Å². The van der Waals surface area contributed by atoms with Crippen molar-refractivity contribution in [2.24, 2.45) is 0 Å². The highest BCUT2D eigenvalue weighted by molar-refractivity contribution is 5.22. The number of benzene rings is 1. The molecule has 0 aliphatic rings. The van der Waals surface area contributed by atoms with Crippen LogP contribution in [0.5, 0.6) is 0 Å². The van der Waals surface area contributed by atoms with E-state index in [0.29, 0.717) is 13.1 Å². The van der Waals surface area contributed by atoms with Gasteiger partial charge < -0.3 is 10.6 Å². The second-order valence-electron chi connectivity index (χ2n) is 3.67. The van der Waals surface area contributed by atoms with Gasteiger partial charge in [-0.3, -0.25) is 11.5 Å². The molecule has 0 spiro atoms. The number of nitrogens with one attached hydrogen (secondary N) is 4. The minimum atomic E-state index is 0.426. The number of hydrogen-bond donors (Lipinski definition) is 2. The summed E-state index contributed by atoms with van der Waals surface area (Å²) in [4.78, 5) is 0. The first-order valence-electron chi connectivity index (χ1n) is 5.65. The maximum absolute atomic E-state index is 7.01. The van der Waals surface area contributed by atoms with Crippen LogP contribution in [0.4, 0.5) is 0 Å². The molecule has 16 heavy (non-hydrogen) atoms. The van der Waals surface area contributed by atoms with E-state index in [4.69, 9.17) is 11.5 Å². The first kappa shape index (κ1) is 13.1. The fourth-order valence-electron chi connectivity index (χ4n) is 1.42. The van der Waals surface area contributed by atoms with Crippen LogP contribution < -0.4 is 22.1 Å². The lowest BCUT2D eigenvalue weighted by atomic mass is 10.1. The summed E-state index contributed by atoms with van der Waals surface area (Å²) in [6, 6.07) is 8.42. The van der Waals surface area contributed by atoms with Gasteiger partial charge in [0.05, 0.1) is 0 Å². The van der Waals surface area contributed by atoms with Crippen LogP contribution in [0, 0.1) is 0 Å². The topological polar surface area (TPSA) is 71.7 Å². The number of hydrogen-bond acceptors (Lipinski definition) is 2. The molecule has 2 radical (unpaired) electrons. The van der Waals surface area contributed by atoms with Crippen LogP contribution >= 0.6 is 0 Å². The summed E-state index contributed by atoms with van der Waals surface area (Å²) in [6.45, 7) is 4.00. The Labute approximate surface area is 97.4 Å². The molecule has 0 aromatic heterocycles. The lowest BCUT2D eigenvalue weighted by molar-refractivity contribution is 0.682. The normalized spacial score (nSPS) is 10.6. The van der Waals surface area contributed by atoms with E-state index in [9.17, 15) is 0 Å². The molecule has 0 heterocycles. The molecule has 0 fully saturated rings. The molecule has 0 saturated heterocycles. The van der Waals surface area contributed by atoms with Gasteiger partial charge in [-0.05, 0) is 11.1 Å². The predicted octanol–water partition coefficient (Wildman–Crippen LogP) is 0.432. The molecule has 0 aliphatic heterocycles. The van der Waals surface area contributed by atoms with Crippen LogP contribution in [0.25, 0.3) is 0 Å². The number of rotatable bonds is 8. The molecule has 1 aromatic carbocycles. The van der Waals surface area contributed by atoms with Crippen LogP contribution in [-0.4, -0.2) is 26.2 Å². The van der Waals surface area contributed by atoms with Crippen LogP contribution in [0.2, 0.25) is 0 Å². The first-order valence-corrected chi connectivity index (χ1v) is 5.65. The van der Waals surface area contributed by atoms with E-state index in [1.165, 1.54) is 11.1 Å². The Balaban J connectivity index is 2.30. The molecule has 0 atom stereocenters. The minimum absolute atomic E-state index is 0.426. The summed E-state index contributed by atoms with van der Waals surface area (Å²) >= 11 is 0. The Morgan fingerprint density at radius 3 is 1.44 bits per heavy atom. The van der Waals surface area contributed by atoms with Crippen molar-refractivity contribution in [2.75, 3.05) is 26.2 Å². The molecule has 1 rings (SSSR count). The van der Waals surface area contributed by atoms with Crippen LogP contribution in [0.3, 0.4) is 0 Å². The molecule has 4 nitrogen and oxygen atoms in total. The van der Waals surface area contributed by atoms with Gasteiger partial charge in [-0.25, -0.2) is 0 Å². The van der Waals surface area contributed by atoms with Crippen molar-refractivity contribution in [3.05, 3.63) is 35.4 Å². The van der Waals surface area contributed by atoms with Crippen molar-refractivity contribution in [1.82, 2.24) is 22.1 Å². The van der Waals surface area contributed by atoms with Gasteiger partial charge >= 0.3 is 0 Å². The molecular formula is C12H20N4. The molecule has 1 aromatic rings. The van der Waals surface area contributed by atoms with Gasteiger partial charge in [0.15, 0.2) is 0 Å². The van der Waals surface area contributed by atoms with E-state index >= 15 is 0 Å². The highest BCUT2D eigenvalue weighted by Gasteiger charge is 1.94. The standard InChI is InChI=1S/C12H20N4/c13-5-7-15-9-11-1-2-12(4-3-11)10-16-8-6-14/h1-4,13-16H,5-10H2. The van der Waals surface area contributed by atoms with E-state index in [2.05, 4.69) is 34.9 Å². The maximum atomic E-state index is 7.01. The van der Waals surface area contributed by atoms with Crippen molar-refractivity contribution in [3.63, 3.8) is 0 Å². The Kier molecular flexibility index (Phi) is 6.76. The highest BCUT2D eigenvalue weighted by atomic mass is 14.9. The third-order valence-corrected chi connectivity index (χ3v) is 2.28. The summed E-state index contributed by atoms with van der Waals surface area (Å²) in [5.41, 5.74) is 16.5. The fraction of sp³-hybridized carbons (Fsp3) is 0.500. The third-order valence-electron chi connectivity index (χ3n) is 2.28. The Morgan fingerprint density at radius 2 is 1.12 bits per heavy atom. The SMILES string of the molecule is [NH]CCNCc1ccc(CNCC[NH])cc1. The molecule has 0 unspecified atom stereocenters. The van der Waals surface area contributed by atoms with E-state index in [1.807, 2.05) is 0 Å². The molecular weight excluding hydrogens is 200 g/mol. The molecule has 88 valence electrons. The van der Waals surface area contributed by atoms with E-state index in [1.54, 1.807) is 0 Å². The Hall–Kier alpha value is -0.940. The van der Waals surface area contributed by atoms with Crippen molar-refractivity contribution in [1.29, 1.82) is 0 Å². The van der Waals surface area contributed by atoms with Gasteiger partial charge in [-0.1, -0.05) is 24.3 Å². The van der Waals surface area contributed by atoms with Crippen molar-refractivity contribution in [2.45, 2.75) is 13.1 Å². The molecule has 4 heteroatoms. The molecule has 4 N–H and O–H groups in total. The monoisotopic (exact) mass is 220 g/mol. The van der Waals surface area contributed by atoms with E-state index in [-0.39, 0.29) is 0 Å². The lowest BCUT2D eigenvalue weighted by Gasteiger charge is -2.06. The maximum Gasteiger partial charge on any atom is 0.0225 e. The van der Waals surface area contributed by atoms with Crippen LogP contribution in [0.1, 0.15) is 11.1 Å². The zero-order chi connectivity index (χ0) is 11.6. The van der Waals surface area contributed by atoms with E-state index in [0.717, 1.165) is 26.2 Å². The average Bonchev–Trinajstić information content (AvgIpc) is 2.32. The molecule has 0 aliphatic carbocycles. The Morgan fingerprint density at radius 1 is 0.750 bits per heavy atom. The fourth-order valence-corrected chi connectivity index (χ4v) is 1.42. The van der Waals surface area contributed by atoms with Gasteiger partial charge in [0.1, 0.15) is 0 Å². The summed E-state index contributed by atoms with van der Waals surface area (Å²) in [7, 11) is 0. The summed E-state index contributed by atoms with van der Waals surface area (Å²) in [5.74, 6) is 0. The summed E-state index contributed by atoms with van der Waals surface area (Å²) in [5, 5.41) is 6.39. The van der Waals surface area contributed by atoms with Gasteiger partial charge in [0, 0.05) is 39.3 Å². The first-order chi connectivity index (χ1) is 7.86. The summed E-state index contributed by atoms with van der Waals surface area (Å²) in [6.07, 6.45) is 0. The van der Waals surface area contributed by atoms with Crippen molar-refractivity contribution in [3.8, 4) is 0 Å². The average molecular weight is 220 g/mol. The van der Waals surface area contributed by atoms with E-state index < -0.39 is 0 Å². The summed E-state index contributed by atoms with van der Waals surface area (Å²) < 4.78 is 0. The molecule has 0 saturated carbocycles. The van der Waals surface area contributed by atoms with Gasteiger partial charge in [0.25, 0.3) is 0 Å². The highest BCUT2D eigenvalue weighted by Crippen LogP contribution is 2.03. The van der Waals surface area contributed by atoms with Crippen LogP contribution in [-0.2, 0) is 13.1 Å². The largest absolute Gasteiger partial charge is 0.311 e. The minimum Gasteiger partial charge on any atom is -0.311 e. The quantitative estimate of drug-likeness (QED) is 0.624. The second-order valence-corrected chi connectivity index (χ2v) is 3.67. The van der Waals surface area contributed by atoms with Crippen LogP contribution in [0.15, 0.2) is 24.3 Å². The zero-order valence-corrected chi connectivity index (χ0v) is 9.55. The molecule has 0 bridgehead atoms. The lowest BCUT2D eigenvalue weighted by Crippen LogP contribution is -2.19. The molecule has 0 amide bonds. The van der Waals surface area contributed by atoms with Gasteiger partial charge in [0.2, 0.25) is 0 Å². The van der Waals surface area contributed by atoms with Gasteiger partial charge in [-0.2, -0.15) is 0 Å². The smallest absolute Gasteiger partial charge is 0.0225 e.